The Morgan fingerprint density at radius 2 is 0.522 bits per heavy atom. The predicted molar refractivity (Wildman–Crippen MR) is 277 cm³/mol. The van der Waals surface area contributed by atoms with Gasteiger partial charge >= 0.3 is 0 Å². The number of rotatable bonds is 18. The molecule has 9 aromatic carbocycles. The number of alkyl halides is 1. The van der Waals surface area contributed by atoms with Crippen LogP contribution in [0, 0.1) is 0 Å². The van der Waals surface area contributed by atoms with E-state index in [4.69, 9.17) is 18.9 Å². The quantitative estimate of drug-likeness (QED) is 0.0634. The van der Waals surface area contributed by atoms with Crippen molar-refractivity contribution in [1.29, 1.82) is 0 Å². The fourth-order valence-corrected chi connectivity index (χ4v) is 12.3. The van der Waals surface area contributed by atoms with Crippen LogP contribution in [0.2, 0.25) is 0 Å². The average Bonchev–Trinajstić information content (AvgIpc) is 3.40. The van der Waals surface area contributed by atoms with E-state index in [9.17, 15) is 0 Å². The van der Waals surface area contributed by atoms with Gasteiger partial charge < -0.3 is 35.9 Å². The Kier molecular flexibility index (Phi) is 18.4. The van der Waals surface area contributed by atoms with E-state index in [1.54, 1.807) is 0 Å². The van der Waals surface area contributed by atoms with Crippen LogP contribution >= 0.6 is 23.2 Å². The first-order valence-electron chi connectivity index (χ1n) is 22.2. The molecule has 0 radical (unpaired) electrons. The summed E-state index contributed by atoms with van der Waals surface area (Å²) in [6.07, 6.45) is 0.843. The molecule has 4 nitrogen and oxygen atoms in total. The van der Waals surface area contributed by atoms with Crippen LogP contribution in [0.4, 0.5) is 0 Å². The standard InChI is InChI=1S/C39H34O2P.C21H19BrO2.BrH/c1-6-16-32(17-7-1)29-40-35-26-34(27-36(28-35)41-30-33-18-8-2-9-19-33)31-42(37-20-10-3-11-21-37,38-22-12-4-13-23-38)39-24-14-5-15-25-39;22-14-19-11-20(23-15-17-7-3-1-4-8-17)13-21(12-19)24-16-18-9-5-2-6-10-18;/h1-28H,29-31H2;1-13H,14-16H2;1H/q+1;;/p-1. The molecule has 0 aromatic heterocycles. The molecule has 0 heterocycles. The SMILES string of the molecule is BrCc1cc(OCc2ccccc2)cc(OCc2ccccc2)c1.[Br-].c1ccc(COc2cc(C[P+](c3ccccc3)(c3ccccc3)c3ccccc3)cc(OCc3ccccc3)c2)cc1. The second-order valence-corrected chi connectivity index (χ2v) is 19.9. The van der Waals surface area contributed by atoms with Crippen molar-refractivity contribution >= 4 is 39.1 Å². The third-order valence-electron chi connectivity index (χ3n) is 11.0. The van der Waals surface area contributed by atoms with Crippen molar-refractivity contribution < 1.29 is 35.9 Å². The average molecular weight is 1030 g/mol. The Hall–Kier alpha value is -6.43. The van der Waals surface area contributed by atoms with Gasteiger partial charge in [0.2, 0.25) is 0 Å². The lowest BCUT2D eigenvalue weighted by Gasteiger charge is -2.28. The molecule has 0 atom stereocenters. The predicted octanol–water partition coefficient (Wildman–Crippen LogP) is 11.1. The third kappa shape index (κ3) is 14.0. The number of hydrogen-bond donors (Lipinski definition) is 0. The van der Waals surface area contributed by atoms with Gasteiger partial charge in [-0.25, -0.2) is 0 Å². The summed E-state index contributed by atoms with van der Waals surface area (Å²) < 4.78 is 24.6. The maximum atomic E-state index is 6.39. The van der Waals surface area contributed by atoms with Gasteiger partial charge in [-0.15, -0.1) is 0 Å². The molecule has 0 saturated heterocycles. The second kappa shape index (κ2) is 25.5. The van der Waals surface area contributed by atoms with Gasteiger partial charge in [0.1, 0.15) is 72.6 Å². The Bertz CT molecular complexity index is 2580. The molecule has 0 amide bonds. The van der Waals surface area contributed by atoms with Crippen molar-refractivity contribution in [1.82, 2.24) is 0 Å². The molecule has 9 aromatic rings. The van der Waals surface area contributed by atoms with Crippen molar-refractivity contribution in [3.05, 3.63) is 282 Å². The molecule has 0 bridgehead atoms. The second-order valence-electron chi connectivity index (χ2n) is 15.8. The van der Waals surface area contributed by atoms with Gasteiger partial charge in [-0.1, -0.05) is 192 Å². The lowest BCUT2D eigenvalue weighted by atomic mass is 10.2. The fourth-order valence-electron chi connectivity index (χ4n) is 7.77. The Labute approximate surface area is 415 Å². The third-order valence-corrected chi connectivity index (χ3v) is 16.1. The minimum atomic E-state index is -2.08. The van der Waals surface area contributed by atoms with Crippen LogP contribution < -0.4 is 51.8 Å². The molecule has 0 aliphatic carbocycles. The molecule has 0 aliphatic rings. The zero-order chi connectivity index (χ0) is 45.1. The van der Waals surface area contributed by atoms with Crippen LogP contribution in [-0.4, -0.2) is 0 Å². The normalized spacial score (nSPS) is 10.7. The molecule has 7 heteroatoms. The maximum absolute atomic E-state index is 6.39. The van der Waals surface area contributed by atoms with Crippen LogP contribution in [0.5, 0.6) is 23.0 Å². The van der Waals surface area contributed by atoms with Gasteiger partial charge in [-0.2, -0.15) is 0 Å². The highest BCUT2D eigenvalue weighted by atomic mass is 79.9. The van der Waals surface area contributed by atoms with Crippen LogP contribution in [0.3, 0.4) is 0 Å². The van der Waals surface area contributed by atoms with Crippen molar-refractivity contribution in [3.8, 4) is 23.0 Å². The highest BCUT2D eigenvalue weighted by Gasteiger charge is 2.45. The largest absolute Gasteiger partial charge is 1.00 e. The topological polar surface area (TPSA) is 36.9 Å². The summed E-state index contributed by atoms with van der Waals surface area (Å²) in [5.74, 6) is 3.26. The number of benzene rings is 9. The van der Waals surface area contributed by atoms with E-state index in [0.29, 0.717) is 26.4 Å². The molecule has 0 saturated carbocycles. The first-order valence-corrected chi connectivity index (χ1v) is 25.3. The fraction of sp³-hybridized carbons (Fsp3) is 0.100. The lowest BCUT2D eigenvalue weighted by molar-refractivity contribution is -0.0000144. The minimum Gasteiger partial charge on any atom is -1.00 e. The van der Waals surface area contributed by atoms with Gasteiger partial charge in [-0.3, -0.25) is 0 Å². The van der Waals surface area contributed by atoms with Gasteiger partial charge in [0.25, 0.3) is 0 Å². The highest BCUT2D eigenvalue weighted by molar-refractivity contribution is 9.08. The zero-order valence-corrected chi connectivity index (χ0v) is 41.3. The monoisotopic (exact) mass is 1030 g/mol. The lowest BCUT2D eigenvalue weighted by Crippen LogP contribution is -3.00. The van der Waals surface area contributed by atoms with Crippen molar-refractivity contribution in [2.45, 2.75) is 37.9 Å². The summed E-state index contributed by atoms with van der Waals surface area (Å²) >= 11 is 3.51. The van der Waals surface area contributed by atoms with Crippen LogP contribution in [-0.2, 0) is 37.9 Å². The number of halogens is 2. The van der Waals surface area contributed by atoms with Gasteiger partial charge in [0.05, 0.1) is 6.16 Å². The van der Waals surface area contributed by atoms with E-state index < -0.39 is 7.26 Å². The molecule has 0 N–H and O–H groups in total. The Morgan fingerprint density at radius 3 is 0.776 bits per heavy atom. The molecular weight excluding hydrogens is 975 g/mol. The summed E-state index contributed by atoms with van der Waals surface area (Å²) in [6.45, 7) is 2.09. The van der Waals surface area contributed by atoms with Crippen LogP contribution in [0.25, 0.3) is 0 Å². The summed E-state index contributed by atoms with van der Waals surface area (Å²) in [7, 11) is -2.08. The summed E-state index contributed by atoms with van der Waals surface area (Å²) in [6, 6.07) is 86.3. The molecule has 0 unspecified atom stereocenters. The van der Waals surface area contributed by atoms with Gasteiger partial charge in [-0.05, 0) is 94.0 Å². The van der Waals surface area contributed by atoms with E-state index in [1.165, 1.54) is 21.5 Å². The van der Waals surface area contributed by atoms with E-state index in [1.807, 2.05) is 97.1 Å². The van der Waals surface area contributed by atoms with Crippen molar-refractivity contribution in [2.24, 2.45) is 0 Å². The summed E-state index contributed by atoms with van der Waals surface area (Å²) in [5, 5.41) is 4.82. The molecular formula is C60H53Br2O4P. The molecule has 0 aliphatic heterocycles. The first kappa shape index (κ1) is 48.5. The van der Waals surface area contributed by atoms with Crippen LogP contribution in [0.1, 0.15) is 33.4 Å². The highest BCUT2D eigenvalue weighted by Crippen LogP contribution is 2.58. The van der Waals surface area contributed by atoms with E-state index in [0.717, 1.165) is 62.3 Å². The first-order chi connectivity index (χ1) is 32.6. The maximum Gasteiger partial charge on any atom is 0.123 e. The van der Waals surface area contributed by atoms with Gasteiger partial charge in [0.15, 0.2) is 0 Å². The summed E-state index contributed by atoms with van der Waals surface area (Å²) in [4.78, 5) is 0. The summed E-state index contributed by atoms with van der Waals surface area (Å²) in [5.41, 5.74) is 6.88. The van der Waals surface area contributed by atoms with Crippen molar-refractivity contribution in [3.63, 3.8) is 0 Å². The molecule has 0 spiro atoms. The number of hydrogen-bond acceptors (Lipinski definition) is 4. The van der Waals surface area contributed by atoms with Crippen molar-refractivity contribution in [2.75, 3.05) is 0 Å². The Morgan fingerprint density at radius 1 is 0.284 bits per heavy atom. The Balaban J connectivity index is 0.000000227. The molecule has 67 heavy (non-hydrogen) atoms. The van der Waals surface area contributed by atoms with E-state index in [-0.39, 0.29) is 17.0 Å². The number of ether oxygens (including phenoxy) is 4. The van der Waals surface area contributed by atoms with E-state index >= 15 is 0 Å². The minimum absolute atomic E-state index is 0. The smallest absolute Gasteiger partial charge is 0.123 e. The van der Waals surface area contributed by atoms with Gasteiger partial charge in [0, 0.05) is 17.5 Å². The van der Waals surface area contributed by atoms with Crippen LogP contribution in [0.15, 0.2) is 249 Å². The molecule has 9 rings (SSSR count). The van der Waals surface area contributed by atoms with E-state index in [2.05, 4.69) is 168 Å². The zero-order valence-electron chi connectivity index (χ0n) is 37.3. The molecule has 336 valence electrons. The molecule has 0 fully saturated rings.